The number of aliphatic hydroxyl groups is 1. The molecule has 0 aliphatic rings. The maximum absolute atomic E-state index is 13.5. The molecule has 0 heterocycles. The molecule has 0 atom stereocenters. The van der Waals surface area contributed by atoms with E-state index in [1.54, 1.807) is 0 Å². The molecule has 104 valence electrons. The van der Waals surface area contributed by atoms with Gasteiger partial charge in [0, 0.05) is 19.2 Å². The highest BCUT2D eigenvalue weighted by atomic mass is 19.1. The van der Waals surface area contributed by atoms with Crippen molar-refractivity contribution in [2.75, 3.05) is 13.2 Å². The van der Waals surface area contributed by atoms with Crippen LogP contribution in [0.15, 0.2) is 18.2 Å². The monoisotopic (exact) mass is 270 g/mol. The molecular weight excluding hydrogens is 255 g/mol. The number of rotatable bonds is 7. The van der Waals surface area contributed by atoms with Crippen molar-refractivity contribution in [2.45, 2.75) is 19.3 Å². The van der Waals surface area contributed by atoms with Crippen LogP contribution in [0.2, 0.25) is 0 Å². The Bertz CT molecular complexity index is 465. The molecule has 0 aliphatic carbocycles. The Morgan fingerprint density at radius 2 is 2.11 bits per heavy atom. The molecule has 7 heteroatoms. The molecule has 0 saturated heterocycles. The van der Waals surface area contributed by atoms with E-state index in [1.807, 2.05) is 0 Å². The molecule has 0 aliphatic heterocycles. The Labute approximate surface area is 109 Å². The molecule has 2 N–H and O–H groups in total. The quantitative estimate of drug-likeness (QED) is 0.447. The third-order valence-corrected chi connectivity index (χ3v) is 2.53. The number of amides is 1. The fraction of sp³-hybridized carbons (Fsp3) is 0.417. The van der Waals surface area contributed by atoms with Gasteiger partial charge in [0.2, 0.25) is 0 Å². The van der Waals surface area contributed by atoms with Crippen molar-refractivity contribution < 1.29 is 19.2 Å². The highest BCUT2D eigenvalue weighted by Crippen LogP contribution is 2.16. The minimum Gasteiger partial charge on any atom is -0.396 e. The van der Waals surface area contributed by atoms with Crippen LogP contribution >= 0.6 is 0 Å². The van der Waals surface area contributed by atoms with Gasteiger partial charge in [0.25, 0.3) is 11.6 Å². The number of unbranched alkanes of at least 4 members (excludes halogenated alkanes) is 2. The first-order valence-corrected chi connectivity index (χ1v) is 5.89. The summed E-state index contributed by atoms with van der Waals surface area (Å²) in [6, 6.07) is 2.90. The number of aliphatic hydroxyl groups excluding tert-OH is 1. The topological polar surface area (TPSA) is 92.5 Å². The zero-order chi connectivity index (χ0) is 14.3. The minimum atomic E-state index is -0.915. The lowest BCUT2D eigenvalue weighted by Gasteiger charge is -2.05. The SMILES string of the molecule is O=C(NCCCCCO)c1ccc([N+](=O)[O-])cc1F. The molecule has 0 fully saturated rings. The van der Waals surface area contributed by atoms with Gasteiger partial charge in [0.05, 0.1) is 16.6 Å². The van der Waals surface area contributed by atoms with E-state index in [-0.39, 0.29) is 12.2 Å². The van der Waals surface area contributed by atoms with E-state index in [4.69, 9.17) is 5.11 Å². The number of benzene rings is 1. The van der Waals surface area contributed by atoms with Gasteiger partial charge >= 0.3 is 0 Å². The van der Waals surface area contributed by atoms with Crippen LogP contribution in [0.1, 0.15) is 29.6 Å². The molecule has 0 bridgehead atoms. The molecule has 0 spiro atoms. The second kappa shape index (κ2) is 7.42. The number of nitrogens with one attached hydrogen (secondary N) is 1. The predicted octanol–water partition coefficient (Wildman–Crippen LogP) is 1.63. The highest BCUT2D eigenvalue weighted by Gasteiger charge is 2.15. The van der Waals surface area contributed by atoms with Crippen molar-refractivity contribution in [3.05, 3.63) is 39.7 Å². The molecule has 1 amide bonds. The van der Waals surface area contributed by atoms with Gasteiger partial charge in [0.1, 0.15) is 5.82 Å². The molecular formula is C12H15FN2O4. The number of nitrogens with zero attached hydrogens (tertiary/aromatic N) is 1. The molecule has 1 rings (SSSR count). The standard InChI is InChI=1S/C12H15FN2O4/c13-11-8-9(15(18)19)4-5-10(11)12(17)14-6-2-1-3-7-16/h4-5,8,16H,1-3,6-7H2,(H,14,17). The molecule has 6 nitrogen and oxygen atoms in total. The number of nitro benzene ring substituents is 1. The summed E-state index contributed by atoms with van der Waals surface area (Å²) in [6.45, 7) is 0.472. The van der Waals surface area contributed by atoms with E-state index < -0.39 is 22.3 Å². The lowest BCUT2D eigenvalue weighted by molar-refractivity contribution is -0.385. The Morgan fingerprint density at radius 1 is 1.37 bits per heavy atom. The normalized spacial score (nSPS) is 10.2. The van der Waals surface area contributed by atoms with Crippen LogP contribution < -0.4 is 5.32 Å². The zero-order valence-corrected chi connectivity index (χ0v) is 10.3. The van der Waals surface area contributed by atoms with E-state index in [0.717, 1.165) is 24.6 Å². The number of hydrogen-bond acceptors (Lipinski definition) is 4. The average molecular weight is 270 g/mol. The van der Waals surface area contributed by atoms with Crippen molar-refractivity contribution in [3.63, 3.8) is 0 Å². The van der Waals surface area contributed by atoms with Crippen LogP contribution in [-0.4, -0.2) is 29.1 Å². The first-order valence-electron chi connectivity index (χ1n) is 5.89. The summed E-state index contributed by atoms with van der Waals surface area (Å²) in [4.78, 5) is 21.3. The number of hydrogen-bond donors (Lipinski definition) is 2. The van der Waals surface area contributed by atoms with Gasteiger partial charge in [-0.2, -0.15) is 0 Å². The van der Waals surface area contributed by atoms with Crippen molar-refractivity contribution in [1.82, 2.24) is 5.32 Å². The Hall–Kier alpha value is -2.02. The molecule has 1 aromatic rings. The Kier molecular flexibility index (Phi) is 5.87. The zero-order valence-electron chi connectivity index (χ0n) is 10.3. The van der Waals surface area contributed by atoms with Gasteiger partial charge in [-0.3, -0.25) is 14.9 Å². The molecule has 1 aromatic carbocycles. The van der Waals surface area contributed by atoms with Crippen LogP contribution in [0, 0.1) is 15.9 Å². The molecule has 19 heavy (non-hydrogen) atoms. The van der Waals surface area contributed by atoms with Gasteiger partial charge in [-0.15, -0.1) is 0 Å². The first-order chi connectivity index (χ1) is 9.06. The van der Waals surface area contributed by atoms with Crippen LogP contribution in [0.25, 0.3) is 0 Å². The van der Waals surface area contributed by atoms with Crippen LogP contribution in [0.4, 0.5) is 10.1 Å². The summed E-state index contributed by atoms with van der Waals surface area (Å²) >= 11 is 0. The summed E-state index contributed by atoms with van der Waals surface area (Å²) in [5.74, 6) is -1.52. The fourth-order valence-corrected chi connectivity index (χ4v) is 1.51. The summed E-state index contributed by atoms with van der Waals surface area (Å²) in [6.07, 6.45) is 2.10. The number of halogens is 1. The molecule has 0 radical (unpaired) electrons. The van der Waals surface area contributed by atoms with E-state index in [9.17, 15) is 19.3 Å². The lowest BCUT2D eigenvalue weighted by Crippen LogP contribution is -2.25. The highest BCUT2D eigenvalue weighted by molar-refractivity contribution is 5.94. The Balaban J connectivity index is 2.55. The van der Waals surface area contributed by atoms with Crippen molar-refractivity contribution >= 4 is 11.6 Å². The maximum Gasteiger partial charge on any atom is 0.272 e. The third kappa shape index (κ3) is 4.63. The van der Waals surface area contributed by atoms with Crippen LogP contribution in [0.3, 0.4) is 0 Å². The fourth-order valence-electron chi connectivity index (χ4n) is 1.51. The van der Waals surface area contributed by atoms with Crippen LogP contribution in [0.5, 0.6) is 0 Å². The van der Waals surface area contributed by atoms with Gasteiger partial charge in [-0.25, -0.2) is 4.39 Å². The summed E-state index contributed by atoms with van der Waals surface area (Å²) in [7, 11) is 0. The van der Waals surface area contributed by atoms with E-state index in [2.05, 4.69) is 5.32 Å². The lowest BCUT2D eigenvalue weighted by atomic mass is 10.1. The van der Waals surface area contributed by atoms with E-state index in [1.165, 1.54) is 0 Å². The van der Waals surface area contributed by atoms with Crippen molar-refractivity contribution in [2.24, 2.45) is 0 Å². The maximum atomic E-state index is 13.5. The first kappa shape index (κ1) is 15.0. The second-order valence-electron chi connectivity index (χ2n) is 3.96. The second-order valence-corrected chi connectivity index (χ2v) is 3.96. The largest absolute Gasteiger partial charge is 0.396 e. The predicted molar refractivity (Wildman–Crippen MR) is 66.3 cm³/mol. The van der Waals surface area contributed by atoms with Gasteiger partial charge in [-0.1, -0.05) is 0 Å². The Morgan fingerprint density at radius 3 is 2.68 bits per heavy atom. The summed E-state index contributed by atoms with van der Waals surface area (Å²) in [5, 5.41) is 21.5. The number of nitro groups is 1. The number of carbonyl (C=O) groups excluding carboxylic acids is 1. The van der Waals surface area contributed by atoms with Gasteiger partial charge < -0.3 is 10.4 Å². The van der Waals surface area contributed by atoms with Crippen molar-refractivity contribution in [1.29, 1.82) is 0 Å². The van der Waals surface area contributed by atoms with Gasteiger partial charge in [-0.05, 0) is 25.3 Å². The molecule has 0 unspecified atom stereocenters. The average Bonchev–Trinajstić information content (AvgIpc) is 2.38. The minimum absolute atomic E-state index is 0.102. The van der Waals surface area contributed by atoms with Gasteiger partial charge in [0.15, 0.2) is 0 Å². The van der Waals surface area contributed by atoms with Crippen molar-refractivity contribution in [3.8, 4) is 0 Å². The summed E-state index contributed by atoms with van der Waals surface area (Å²) in [5.41, 5.74) is -0.607. The van der Waals surface area contributed by atoms with E-state index >= 15 is 0 Å². The molecule has 0 saturated carbocycles. The van der Waals surface area contributed by atoms with E-state index in [0.29, 0.717) is 19.4 Å². The smallest absolute Gasteiger partial charge is 0.272 e. The van der Waals surface area contributed by atoms with Crippen LogP contribution in [-0.2, 0) is 0 Å². The summed E-state index contributed by atoms with van der Waals surface area (Å²) < 4.78 is 13.5. The number of carbonyl (C=O) groups is 1. The number of non-ortho nitro benzene ring substituents is 1. The molecule has 0 aromatic heterocycles. The third-order valence-electron chi connectivity index (χ3n) is 2.53.